The van der Waals surface area contributed by atoms with E-state index >= 15 is 0 Å². The minimum absolute atomic E-state index is 0.0902. The Morgan fingerprint density at radius 2 is 1.82 bits per heavy atom. The average Bonchev–Trinajstić information content (AvgIpc) is 2.90. The van der Waals surface area contributed by atoms with Crippen molar-refractivity contribution in [3.8, 4) is 0 Å². The Balaban J connectivity index is 1.76. The summed E-state index contributed by atoms with van der Waals surface area (Å²) in [5, 5.41) is 4.29. The summed E-state index contributed by atoms with van der Waals surface area (Å²) in [5.41, 5.74) is 3.64. The van der Waals surface area contributed by atoms with E-state index in [1.54, 1.807) is 0 Å². The number of nitrogens with one attached hydrogen (secondary N) is 1. The molecule has 1 atom stereocenters. The minimum Gasteiger partial charge on any atom is -0.399 e. The van der Waals surface area contributed by atoms with Crippen LogP contribution in [0.15, 0.2) is 18.2 Å². The van der Waals surface area contributed by atoms with Crippen LogP contribution in [0.5, 0.6) is 0 Å². The van der Waals surface area contributed by atoms with Crippen LogP contribution in [0.25, 0.3) is 5.57 Å². The van der Waals surface area contributed by atoms with Crippen molar-refractivity contribution in [3.63, 3.8) is 0 Å². The van der Waals surface area contributed by atoms with E-state index in [0.29, 0.717) is 13.2 Å². The van der Waals surface area contributed by atoms with E-state index in [9.17, 15) is 0 Å². The molecule has 2 saturated heterocycles. The van der Waals surface area contributed by atoms with Gasteiger partial charge in [0.1, 0.15) is 0 Å². The van der Waals surface area contributed by atoms with Crippen LogP contribution in [0.3, 0.4) is 0 Å². The molecule has 28 heavy (non-hydrogen) atoms. The molecule has 7 heteroatoms. The van der Waals surface area contributed by atoms with Gasteiger partial charge in [0.2, 0.25) is 0 Å². The van der Waals surface area contributed by atoms with E-state index in [2.05, 4.69) is 45.2 Å². The van der Waals surface area contributed by atoms with Gasteiger partial charge in [0.25, 0.3) is 0 Å². The number of halogens is 1. The van der Waals surface area contributed by atoms with Crippen LogP contribution < -0.4 is 10.8 Å². The van der Waals surface area contributed by atoms with Crippen LogP contribution in [0.1, 0.15) is 51.3 Å². The third-order valence-electron chi connectivity index (χ3n) is 6.25. The molecule has 1 aromatic carbocycles. The summed E-state index contributed by atoms with van der Waals surface area (Å²) < 4.78 is 23.8. The second-order valence-electron chi connectivity index (χ2n) is 8.69. The number of benzene rings is 1. The Morgan fingerprint density at radius 1 is 1.07 bits per heavy atom. The zero-order valence-corrected chi connectivity index (χ0v) is 17.9. The Labute approximate surface area is 172 Å². The number of ether oxygens (including phenoxy) is 2. The SMILES string of the molecule is CC1(C)OB(c2cc(Cl)c(C3=CCOCC3)c(C3COCCN3)c2)OC1(C)C. The van der Waals surface area contributed by atoms with E-state index < -0.39 is 18.3 Å². The van der Waals surface area contributed by atoms with Crippen molar-refractivity contribution >= 4 is 29.8 Å². The van der Waals surface area contributed by atoms with Gasteiger partial charge in [-0.2, -0.15) is 0 Å². The standard InChI is InChI=1S/C21H29BClNO4/c1-20(2)21(3,4)28-22(27-20)15-11-16(18-13-26-10-7-24-18)19(17(23)12-15)14-5-8-25-9-6-14/h5,11-12,18,24H,6-10,13H2,1-4H3. The molecule has 0 saturated carbocycles. The summed E-state index contributed by atoms with van der Waals surface area (Å²) >= 11 is 6.85. The molecule has 2 fully saturated rings. The summed E-state index contributed by atoms with van der Waals surface area (Å²) in [6.07, 6.45) is 2.99. The molecule has 0 radical (unpaired) electrons. The molecule has 5 nitrogen and oxygen atoms in total. The van der Waals surface area contributed by atoms with E-state index in [0.717, 1.165) is 47.8 Å². The Morgan fingerprint density at radius 3 is 2.43 bits per heavy atom. The van der Waals surface area contributed by atoms with E-state index in [4.69, 9.17) is 30.4 Å². The maximum Gasteiger partial charge on any atom is 0.494 e. The fraction of sp³-hybridized carbons (Fsp3) is 0.619. The van der Waals surface area contributed by atoms with Crippen molar-refractivity contribution in [3.05, 3.63) is 34.4 Å². The number of morpholine rings is 1. The molecule has 0 amide bonds. The summed E-state index contributed by atoms with van der Waals surface area (Å²) in [7, 11) is -0.441. The highest BCUT2D eigenvalue weighted by molar-refractivity contribution is 6.62. The van der Waals surface area contributed by atoms with Gasteiger partial charge in [0.05, 0.1) is 43.7 Å². The van der Waals surface area contributed by atoms with Crippen molar-refractivity contribution in [2.45, 2.75) is 51.4 Å². The van der Waals surface area contributed by atoms with Crippen molar-refractivity contribution in [2.24, 2.45) is 0 Å². The molecular weight excluding hydrogens is 376 g/mol. The zero-order chi connectivity index (χ0) is 19.9. The normalized spacial score (nSPS) is 27.0. The van der Waals surface area contributed by atoms with Gasteiger partial charge in [-0.25, -0.2) is 0 Å². The molecular formula is C21H29BClNO4. The molecule has 1 unspecified atom stereocenters. The number of hydrogen-bond donors (Lipinski definition) is 1. The van der Waals surface area contributed by atoms with Crippen LogP contribution >= 0.6 is 11.6 Å². The summed E-state index contributed by atoms with van der Waals surface area (Å²) in [6, 6.07) is 4.25. The highest BCUT2D eigenvalue weighted by atomic mass is 35.5. The lowest BCUT2D eigenvalue weighted by molar-refractivity contribution is 0.00578. The predicted octanol–water partition coefficient (Wildman–Crippen LogP) is 3.10. The smallest absolute Gasteiger partial charge is 0.399 e. The molecule has 1 N–H and O–H groups in total. The maximum absolute atomic E-state index is 6.85. The molecule has 3 aliphatic heterocycles. The molecule has 0 spiro atoms. The van der Waals surface area contributed by atoms with E-state index in [1.807, 2.05) is 6.07 Å². The monoisotopic (exact) mass is 405 g/mol. The molecule has 1 aromatic rings. The van der Waals surface area contributed by atoms with Crippen LogP contribution in [0.2, 0.25) is 5.02 Å². The van der Waals surface area contributed by atoms with Gasteiger partial charge in [-0.05, 0) is 56.8 Å². The first-order chi connectivity index (χ1) is 13.3. The molecule has 0 aliphatic carbocycles. The predicted molar refractivity (Wildman–Crippen MR) is 112 cm³/mol. The van der Waals surface area contributed by atoms with Crippen LogP contribution in [0, 0.1) is 0 Å². The highest BCUT2D eigenvalue weighted by Crippen LogP contribution is 2.38. The van der Waals surface area contributed by atoms with Crippen LogP contribution in [0.4, 0.5) is 0 Å². The maximum atomic E-state index is 6.85. The van der Waals surface area contributed by atoms with Gasteiger partial charge in [-0.3, -0.25) is 0 Å². The Hall–Kier alpha value is -0.885. The van der Waals surface area contributed by atoms with Crippen molar-refractivity contribution in [1.82, 2.24) is 5.32 Å². The fourth-order valence-electron chi connectivity index (χ4n) is 3.90. The second-order valence-corrected chi connectivity index (χ2v) is 9.10. The summed E-state index contributed by atoms with van der Waals surface area (Å²) in [5.74, 6) is 0. The number of hydrogen-bond acceptors (Lipinski definition) is 5. The van der Waals surface area contributed by atoms with Crippen LogP contribution in [-0.2, 0) is 18.8 Å². The molecule has 4 rings (SSSR count). The first-order valence-corrected chi connectivity index (χ1v) is 10.4. The topological polar surface area (TPSA) is 49.0 Å². The lowest BCUT2D eigenvalue weighted by Crippen LogP contribution is -2.41. The Bertz CT molecular complexity index is 758. The molecule has 3 heterocycles. The fourth-order valence-corrected chi connectivity index (χ4v) is 4.25. The second kappa shape index (κ2) is 7.75. The molecule has 0 aromatic heterocycles. The third kappa shape index (κ3) is 3.79. The molecule has 0 bridgehead atoms. The van der Waals surface area contributed by atoms with Gasteiger partial charge in [0.15, 0.2) is 0 Å². The summed E-state index contributed by atoms with van der Waals surface area (Å²) in [6.45, 7) is 11.8. The van der Waals surface area contributed by atoms with E-state index in [1.165, 1.54) is 5.57 Å². The Kier molecular flexibility index (Phi) is 5.64. The van der Waals surface area contributed by atoms with Gasteiger partial charge in [-0.15, -0.1) is 0 Å². The van der Waals surface area contributed by atoms with Crippen molar-refractivity contribution in [2.75, 3.05) is 33.0 Å². The minimum atomic E-state index is -0.441. The summed E-state index contributed by atoms with van der Waals surface area (Å²) in [4.78, 5) is 0. The first kappa shape index (κ1) is 20.4. The lowest BCUT2D eigenvalue weighted by Gasteiger charge is -2.32. The van der Waals surface area contributed by atoms with Crippen LogP contribution in [-0.4, -0.2) is 51.3 Å². The number of rotatable bonds is 3. The van der Waals surface area contributed by atoms with Crippen molar-refractivity contribution in [1.29, 1.82) is 0 Å². The van der Waals surface area contributed by atoms with Gasteiger partial charge < -0.3 is 24.1 Å². The highest BCUT2D eigenvalue weighted by Gasteiger charge is 2.52. The third-order valence-corrected chi connectivity index (χ3v) is 6.55. The largest absolute Gasteiger partial charge is 0.494 e. The van der Waals surface area contributed by atoms with Crippen molar-refractivity contribution < 1.29 is 18.8 Å². The molecule has 152 valence electrons. The lowest BCUT2D eigenvalue weighted by atomic mass is 9.76. The van der Waals surface area contributed by atoms with E-state index in [-0.39, 0.29) is 6.04 Å². The first-order valence-electron chi connectivity index (χ1n) is 10.1. The van der Waals surface area contributed by atoms with Gasteiger partial charge >= 0.3 is 7.12 Å². The quantitative estimate of drug-likeness (QED) is 0.783. The average molecular weight is 406 g/mol. The zero-order valence-electron chi connectivity index (χ0n) is 17.1. The van der Waals surface area contributed by atoms with Gasteiger partial charge in [-0.1, -0.05) is 23.7 Å². The molecule has 3 aliphatic rings. The van der Waals surface area contributed by atoms with Gasteiger partial charge in [0, 0.05) is 17.1 Å².